The van der Waals surface area contributed by atoms with E-state index in [1.54, 1.807) is 0 Å². The Morgan fingerprint density at radius 2 is 2.50 bits per heavy atom. The number of nitrogens with zero attached hydrogens (tertiary/aromatic N) is 1. The molecule has 0 aliphatic rings. The van der Waals surface area contributed by atoms with Gasteiger partial charge in [-0.25, -0.2) is 4.98 Å². The molecule has 0 aromatic carbocycles. The number of pyridine rings is 1. The summed E-state index contributed by atoms with van der Waals surface area (Å²) in [5, 5.41) is 0. The molecule has 3 heteroatoms. The molecule has 0 spiro atoms. The van der Waals surface area contributed by atoms with Crippen LogP contribution in [0.4, 0.5) is 0 Å². The largest absolute Gasteiger partial charge is 0.234 e. The van der Waals surface area contributed by atoms with E-state index in [0.717, 1.165) is 8.30 Å². The quantitative estimate of drug-likeness (QED) is 0.525. The maximum absolute atomic E-state index is 4.02. The van der Waals surface area contributed by atoms with Crippen molar-refractivity contribution in [2.24, 2.45) is 0 Å². The van der Waals surface area contributed by atoms with E-state index in [1.807, 2.05) is 12.1 Å². The maximum atomic E-state index is 4.02. The minimum absolute atomic E-state index is 0.768. The van der Waals surface area contributed by atoms with Gasteiger partial charge in [0.25, 0.3) is 0 Å². The molecule has 0 unspecified atom stereocenters. The highest BCUT2D eigenvalue weighted by Gasteiger charge is 1.86. The highest BCUT2D eigenvalue weighted by atomic mass is 127. The maximum Gasteiger partial charge on any atom is 0.115 e. The van der Waals surface area contributed by atoms with Crippen molar-refractivity contribution in [3.63, 3.8) is 0 Å². The number of aromatic nitrogens is 1. The molecule has 0 fully saturated rings. The average molecular weight is 283 g/mol. The molecule has 1 radical (unpaired) electrons. The molecule has 1 rings (SSSR count). The topological polar surface area (TPSA) is 12.9 Å². The molecule has 1 nitrogen and oxygen atoms in total. The van der Waals surface area contributed by atoms with Gasteiger partial charge in [-0.3, -0.25) is 0 Å². The number of rotatable bonds is 0. The van der Waals surface area contributed by atoms with E-state index in [2.05, 4.69) is 49.6 Å². The van der Waals surface area contributed by atoms with Crippen LogP contribution in [0, 0.1) is 9.77 Å². The van der Waals surface area contributed by atoms with Crippen molar-refractivity contribution >= 4 is 38.5 Å². The first-order valence-electron chi connectivity index (χ1n) is 1.99. The Labute approximate surface area is 69.8 Å². The zero-order valence-corrected chi connectivity index (χ0v) is 7.60. The Balaban J connectivity index is 3.08. The zero-order chi connectivity index (χ0) is 5.98. The summed E-state index contributed by atoms with van der Waals surface area (Å²) in [6, 6.07) is 6.60. The molecule has 41 valence electrons. The molecule has 1 heterocycles. The standard InChI is InChI=1S/C5H2BrIN/c6-4-2-1-3-5(7)8-4/h1,3H. The Morgan fingerprint density at radius 3 is 2.88 bits per heavy atom. The Hall–Kier alpha value is 0.360. The third kappa shape index (κ3) is 1.70. The molecule has 0 atom stereocenters. The summed E-state index contributed by atoms with van der Waals surface area (Å²) < 4.78 is 1.75. The van der Waals surface area contributed by atoms with Crippen LogP contribution in [0.25, 0.3) is 0 Å². The van der Waals surface area contributed by atoms with Crippen LogP contribution in [0.2, 0.25) is 0 Å². The monoisotopic (exact) mass is 282 g/mol. The van der Waals surface area contributed by atoms with Gasteiger partial charge in [0, 0.05) is 6.07 Å². The van der Waals surface area contributed by atoms with E-state index < -0.39 is 0 Å². The van der Waals surface area contributed by atoms with Crippen LogP contribution in [0.1, 0.15) is 0 Å². The molecule has 1 aromatic heterocycles. The van der Waals surface area contributed by atoms with Crippen LogP contribution in [0.3, 0.4) is 0 Å². The number of hydrogen-bond donors (Lipinski definition) is 0. The molecule has 0 aliphatic carbocycles. The van der Waals surface area contributed by atoms with Crippen molar-refractivity contribution < 1.29 is 0 Å². The Morgan fingerprint density at radius 1 is 1.75 bits per heavy atom. The molecule has 0 amide bonds. The highest BCUT2D eigenvalue weighted by molar-refractivity contribution is 14.1. The molecular formula is C5H2BrIN. The second kappa shape index (κ2) is 2.77. The summed E-state index contributed by atoms with van der Waals surface area (Å²) in [7, 11) is 0. The smallest absolute Gasteiger partial charge is 0.115 e. The van der Waals surface area contributed by atoms with E-state index in [0.29, 0.717) is 0 Å². The van der Waals surface area contributed by atoms with Crippen molar-refractivity contribution in [2.45, 2.75) is 0 Å². The molecule has 0 saturated carbocycles. The number of halogens is 2. The third-order valence-electron chi connectivity index (χ3n) is 0.628. The normalized spacial score (nSPS) is 9.25. The minimum Gasteiger partial charge on any atom is -0.234 e. The third-order valence-corrected chi connectivity index (χ3v) is 1.64. The van der Waals surface area contributed by atoms with Crippen LogP contribution in [0.5, 0.6) is 0 Å². The van der Waals surface area contributed by atoms with Gasteiger partial charge in [0.15, 0.2) is 0 Å². The van der Waals surface area contributed by atoms with Crippen LogP contribution >= 0.6 is 38.5 Å². The van der Waals surface area contributed by atoms with Crippen molar-refractivity contribution in [1.82, 2.24) is 4.98 Å². The lowest BCUT2D eigenvalue weighted by Gasteiger charge is -1.86. The molecule has 0 saturated heterocycles. The summed E-state index contributed by atoms with van der Waals surface area (Å²) in [6.07, 6.45) is 0. The van der Waals surface area contributed by atoms with Gasteiger partial charge in [0.05, 0.1) is 0 Å². The van der Waals surface area contributed by atoms with Gasteiger partial charge < -0.3 is 0 Å². The second-order valence-corrected chi connectivity index (χ2v) is 3.06. The van der Waals surface area contributed by atoms with Gasteiger partial charge >= 0.3 is 0 Å². The van der Waals surface area contributed by atoms with Gasteiger partial charge in [-0.15, -0.1) is 0 Å². The second-order valence-electron chi connectivity index (χ2n) is 1.20. The summed E-state index contributed by atoms with van der Waals surface area (Å²) >= 11 is 5.33. The predicted octanol–water partition coefficient (Wildman–Crippen LogP) is 2.25. The van der Waals surface area contributed by atoms with E-state index in [9.17, 15) is 0 Å². The van der Waals surface area contributed by atoms with Gasteiger partial charge in [0.2, 0.25) is 0 Å². The average Bonchev–Trinajstić information content (AvgIpc) is 1.64. The zero-order valence-electron chi connectivity index (χ0n) is 3.86. The van der Waals surface area contributed by atoms with Gasteiger partial charge in [0.1, 0.15) is 8.30 Å². The summed E-state index contributed by atoms with van der Waals surface area (Å²) in [4.78, 5) is 4.02. The van der Waals surface area contributed by atoms with Crippen LogP contribution in [0.15, 0.2) is 16.7 Å². The predicted molar refractivity (Wildman–Crippen MR) is 43.5 cm³/mol. The van der Waals surface area contributed by atoms with Crippen LogP contribution in [-0.4, -0.2) is 4.98 Å². The molecular weight excluding hydrogens is 281 g/mol. The van der Waals surface area contributed by atoms with Crippen molar-refractivity contribution in [1.29, 1.82) is 0 Å². The van der Waals surface area contributed by atoms with Gasteiger partial charge in [-0.1, -0.05) is 0 Å². The molecule has 8 heavy (non-hydrogen) atoms. The van der Waals surface area contributed by atoms with Crippen molar-refractivity contribution in [3.05, 3.63) is 26.5 Å². The number of hydrogen-bond acceptors (Lipinski definition) is 1. The minimum atomic E-state index is 0.768. The van der Waals surface area contributed by atoms with Crippen LogP contribution in [-0.2, 0) is 0 Å². The first-order valence-corrected chi connectivity index (χ1v) is 3.86. The fourth-order valence-electron chi connectivity index (χ4n) is 0.343. The van der Waals surface area contributed by atoms with Gasteiger partial charge in [-0.2, -0.15) is 0 Å². The highest BCUT2D eigenvalue weighted by Crippen LogP contribution is 2.06. The van der Waals surface area contributed by atoms with Crippen molar-refractivity contribution in [2.75, 3.05) is 0 Å². The summed E-state index contributed by atoms with van der Waals surface area (Å²) in [5.74, 6) is 0. The van der Waals surface area contributed by atoms with E-state index in [1.165, 1.54) is 0 Å². The fourth-order valence-corrected chi connectivity index (χ4v) is 1.42. The van der Waals surface area contributed by atoms with E-state index in [-0.39, 0.29) is 0 Å². The van der Waals surface area contributed by atoms with Crippen LogP contribution < -0.4 is 0 Å². The molecule has 1 aromatic rings. The first kappa shape index (κ1) is 6.48. The Bertz CT molecular complexity index is 172. The fraction of sp³-hybridized carbons (Fsp3) is 0. The van der Waals surface area contributed by atoms with Gasteiger partial charge in [-0.05, 0) is 50.7 Å². The van der Waals surface area contributed by atoms with E-state index in [4.69, 9.17) is 0 Å². The van der Waals surface area contributed by atoms with E-state index >= 15 is 0 Å². The SMILES string of the molecule is Brc1[c]ccc(I)n1. The first-order chi connectivity index (χ1) is 3.79. The lowest BCUT2D eigenvalue weighted by Crippen LogP contribution is -1.77. The molecule has 0 bridgehead atoms. The Kier molecular flexibility index (Phi) is 2.25. The molecule has 0 N–H and O–H groups in total. The lowest BCUT2D eigenvalue weighted by molar-refractivity contribution is 1.22. The van der Waals surface area contributed by atoms with Crippen molar-refractivity contribution in [3.8, 4) is 0 Å². The lowest BCUT2D eigenvalue weighted by atomic mass is 10.5. The molecule has 0 aliphatic heterocycles. The summed E-state index contributed by atoms with van der Waals surface area (Å²) in [5.41, 5.74) is 0. The summed E-state index contributed by atoms with van der Waals surface area (Å²) in [6.45, 7) is 0.